The molecule has 1 aliphatic heterocycles. The molecule has 0 amide bonds. The van der Waals surface area contributed by atoms with Crippen molar-refractivity contribution in [3.8, 4) is 0 Å². The second-order valence-electron chi connectivity index (χ2n) is 7.12. The molecule has 0 aliphatic carbocycles. The lowest BCUT2D eigenvalue weighted by Crippen LogP contribution is -2.48. The van der Waals surface area contributed by atoms with Crippen LogP contribution in [0.2, 0.25) is 0 Å². The number of piperidine rings is 1. The highest BCUT2D eigenvalue weighted by atomic mass is 16.1. The van der Waals surface area contributed by atoms with Gasteiger partial charge in [-0.2, -0.15) is 0 Å². The molecule has 0 spiro atoms. The van der Waals surface area contributed by atoms with E-state index in [2.05, 4.69) is 27.4 Å². The maximum absolute atomic E-state index is 11.9. The molecule has 0 bridgehead atoms. The number of guanidine groups is 1. The molecule has 1 aliphatic rings. The number of aromatic nitrogens is 1. The van der Waals surface area contributed by atoms with Crippen molar-refractivity contribution in [2.45, 2.75) is 58.5 Å². The van der Waals surface area contributed by atoms with Crippen molar-refractivity contribution in [2.24, 2.45) is 4.99 Å². The summed E-state index contributed by atoms with van der Waals surface area (Å²) in [6.45, 7) is 9.43. The van der Waals surface area contributed by atoms with Gasteiger partial charge in [0.15, 0.2) is 5.96 Å². The average Bonchev–Trinajstić information content (AvgIpc) is 2.64. The van der Waals surface area contributed by atoms with Crippen LogP contribution in [0.1, 0.15) is 44.7 Å². The van der Waals surface area contributed by atoms with Gasteiger partial charge in [-0.1, -0.05) is 13.0 Å². The van der Waals surface area contributed by atoms with Gasteiger partial charge >= 0.3 is 0 Å². The van der Waals surface area contributed by atoms with Gasteiger partial charge in [0.05, 0.1) is 0 Å². The van der Waals surface area contributed by atoms with E-state index < -0.39 is 0 Å². The Morgan fingerprint density at radius 3 is 2.65 bits per heavy atom. The van der Waals surface area contributed by atoms with Crippen molar-refractivity contribution in [2.75, 3.05) is 33.2 Å². The Bertz CT molecular complexity index is 617. The van der Waals surface area contributed by atoms with E-state index in [0.717, 1.165) is 37.6 Å². The second kappa shape index (κ2) is 11.0. The summed E-state index contributed by atoms with van der Waals surface area (Å²) in [7, 11) is 1.83. The average molecular weight is 362 g/mol. The van der Waals surface area contributed by atoms with Gasteiger partial charge in [-0.15, -0.1) is 0 Å². The van der Waals surface area contributed by atoms with Crippen LogP contribution < -0.4 is 16.2 Å². The van der Waals surface area contributed by atoms with Crippen LogP contribution in [0.5, 0.6) is 0 Å². The molecule has 0 radical (unpaired) electrons. The number of aliphatic imine (C=N–C) groups is 1. The molecule has 1 fully saturated rings. The molecule has 146 valence electrons. The first-order chi connectivity index (χ1) is 12.6. The fourth-order valence-corrected chi connectivity index (χ4v) is 3.52. The SMILES string of the molecule is CCCN1CCC(NC(=NC)NCCCCn2c(C)cccc2=O)CC1. The van der Waals surface area contributed by atoms with Crippen molar-refractivity contribution in [1.82, 2.24) is 20.1 Å². The lowest BCUT2D eigenvalue weighted by Gasteiger charge is -2.32. The van der Waals surface area contributed by atoms with Crippen LogP contribution >= 0.6 is 0 Å². The molecule has 2 N–H and O–H groups in total. The Morgan fingerprint density at radius 1 is 1.23 bits per heavy atom. The lowest BCUT2D eigenvalue weighted by molar-refractivity contribution is 0.206. The summed E-state index contributed by atoms with van der Waals surface area (Å²) >= 11 is 0. The van der Waals surface area contributed by atoms with Gasteiger partial charge in [0.25, 0.3) is 5.56 Å². The van der Waals surface area contributed by atoms with E-state index in [1.54, 1.807) is 6.07 Å². The highest BCUT2D eigenvalue weighted by Crippen LogP contribution is 2.10. The second-order valence-corrected chi connectivity index (χ2v) is 7.12. The molecule has 0 aromatic carbocycles. The van der Waals surface area contributed by atoms with Crippen molar-refractivity contribution < 1.29 is 0 Å². The zero-order chi connectivity index (χ0) is 18.8. The Kier molecular flexibility index (Phi) is 8.68. The predicted molar refractivity (Wildman–Crippen MR) is 109 cm³/mol. The first-order valence-electron chi connectivity index (χ1n) is 10.00. The number of likely N-dealkylation sites (tertiary alicyclic amines) is 1. The monoisotopic (exact) mass is 361 g/mol. The zero-order valence-corrected chi connectivity index (χ0v) is 16.6. The van der Waals surface area contributed by atoms with Gasteiger partial charge in [0.1, 0.15) is 0 Å². The first-order valence-corrected chi connectivity index (χ1v) is 10.00. The minimum Gasteiger partial charge on any atom is -0.356 e. The van der Waals surface area contributed by atoms with E-state index in [9.17, 15) is 4.79 Å². The number of hydrogen-bond acceptors (Lipinski definition) is 3. The largest absolute Gasteiger partial charge is 0.356 e. The summed E-state index contributed by atoms with van der Waals surface area (Å²) in [6, 6.07) is 5.94. The van der Waals surface area contributed by atoms with E-state index >= 15 is 0 Å². The van der Waals surface area contributed by atoms with Crippen LogP contribution in [-0.2, 0) is 6.54 Å². The third-order valence-corrected chi connectivity index (χ3v) is 5.06. The Morgan fingerprint density at radius 2 is 2.00 bits per heavy atom. The van der Waals surface area contributed by atoms with E-state index in [0.29, 0.717) is 6.04 Å². The molecule has 26 heavy (non-hydrogen) atoms. The lowest BCUT2D eigenvalue weighted by atomic mass is 10.1. The summed E-state index contributed by atoms with van der Waals surface area (Å²) in [5.41, 5.74) is 1.11. The van der Waals surface area contributed by atoms with E-state index in [4.69, 9.17) is 0 Å². The molecule has 2 heterocycles. The van der Waals surface area contributed by atoms with E-state index in [1.807, 2.05) is 30.7 Å². The molecule has 6 heteroatoms. The number of rotatable bonds is 8. The summed E-state index contributed by atoms with van der Waals surface area (Å²) in [5, 5.41) is 6.96. The molecule has 6 nitrogen and oxygen atoms in total. The van der Waals surface area contributed by atoms with E-state index in [1.165, 1.54) is 38.9 Å². The van der Waals surface area contributed by atoms with Gasteiger partial charge in [-0.25, -0.2) is 0 Å². The molecular weight excluding hydrogens is 326 g/mol. The maximum Gasteiger partial charge on any atom is 0.250 e. The standard InChI is InChI=1S/C20H35N5O/c1-4-13-24-15-10-18(11-16-24)23-20(21-3)22-12-5-6-14-25-17(2)8-7-9-19(25)26/h7-9,18H,4-6,10-16H2,1-3H3,(H2,21,22,23). The van der Waals surface area contributed by atoms with Crippen molar-refractivity contribution in [1.29, 1.82) is 0 Å². The third-order valence-electron chi connectivity index (χ3n) is 5.06. The smallest absolute Gasteiger partial charge is 0.250 e. The molecule has 1 saturated heterocycles. The summed E-state index contributed by atoms with van der Waals surface area (Å²) < 4.78 is 1.84. The fourth-order valence-electron chi connectivity index (χ4n) is 3.52. The van der Waals surface area contributed by atoms with Crippen LogP contribution in [-0.4, -0.2) is 54.7 Å². The number of unbranched alkanes of at least 4 members (excludes halogenated alkanes) is 1. The quantitative estimate of drug-likeness (QED) is 0.422. The number of hydrogen-bond donors (Lipinski definition) is 2. The number of nitrogens with zero attached hydrogens (tertiary/aromatic N) is 3. The highest BCUT2D eigenvalue weighted by Gasteiger charge is 2.19. The fraction of sp³-hybridized carbons (Fsp3) is 0.700. The Balaban J connectivity index is 1.64. The van der Waals surface area contributed by atoms with Crippen LogP contribution in [0, 0.1) is 6.92 Å². The van der Waals surface area contributed by atoms with Gasteiger partial charge in [0.2, 0.25) is 0 Å². The molecule has 0 saturated carbocycles. The molecule has 1 aromatic rings. The number of nitrogens with one attached hydrogen (secondary N) is 2. The van der Waals surface area contributed by atoms with Crippen molar-refractivity contribution in [3.63, 3.8) is 0 Å². The third kappa shape index (κ3) is 6.48. The van der Waals surface area contributed by atoms with Crippen LogP contribution in [0.3, 0.4) is 0 Å². The van der Waals surface area contributed by atoms with Crippen LogP contribution in [0.15, 0.2) is 28.0 Å². The van der Waals surface area contributed by atoms with Crippen molar-refractivity contribution in [3.05, 3.63) is 34.2 Å². The molecular formula is C20H35N5O. The summed E-state index contributed by atoms with van der Waals surface area (Å²) in [6.07, 6.45) is 5.57. The molecule has 0 atom stereocenters. The van der Waals surface area contributed by atoms with Crippen LogP contribution in [0.4, 0.5) is 0 Å². The molecule has 0 unspecified atom stereocenters. The minimum absolute atomic E-state index is 0.0878. The van der Waals surface area contributed by atoms with E-state index in [-0.39, 0.29) is 5.56 Å². The number of pyridine rings is 1. The normalized spacial score (nSPS) is 16.7. The first kappa shape index (κ1) is 20.5. The summed E-state index contributed by atoms with van der Waals surface area (Å²) in [4.78, 5) is 18.7. The molecule has 1 aromatic heterocycles. The van der Waals surface area contributed by atoms with Gasteiger partial charge < -0.3 is 20.1 Å². The Hall–Kier alpha value is -1.82. The molecule has 2 rings (SSSR count). The van der Waals surface area contributed by atoms with Crippen LogP contribution in [0.25, 0.3) is 0 Å². The predicted octanol–water partition coefficient (Wildman–Crippen LogP) is 1.98. The zero-order valence-electron chi connectivity index (χ0n) is 16.6. The van der Waals surface area contributed by atoms with Gasteiger partial charge in [0, 0.05) is 51.0 Å². The van der Waals surface area contributed by atoms with Crippen molar-refractivity contribution >= 4 is 5.96 Å². The summed E-state index contributed by atoms with van der Waals surface area (Å²) in [5.74, 6) is 0.895. The number of aryl methyl sites for hydroxylation is 1. The highest BCUT2D eigenvalue weighted by molar-refractivity contribution is 5.79. The minimum atomic E-state index is 0.0878. The van der Waals surface area contributed by atoms with Gasteiger partial charge in [-0.3, -0.25) is 9.79 Å². The maximum atomic E-state index is 11.9. The van der Waals surface area contributed by atoms with Gasteiger partial charge in [-0.05, 0) is 51.6 Å². The Labute approximate surface area is 157 Å². The topological polar surface area (TPSA) is 61.7 Å².